The minimum Gasteiger partial charge on any atom is -0.382 e. The second-order valence-corrected chi connectivity index (χ2v) is 12.0. The number of aromatic nitrogens is 6. The van der Waals surface area contributed by atoms with Gasteiger partial charge in [-0.05, 0) is 35.6 Å². The van der Waals surface area contributed by atoms with Crippen molar-refractivity contribution in [1.29, 1.82) is 0 Å². The zero-order valence-corrected chi connectivity index (χ0v) is 24.3. The van der Waals surface area contributed by atoms with Crippen LogP contribution in [0.15, 0.2) is 66.2 Å². The van der Waals surface area contributed by atoms with E-state index in [1.807, 2.05) is 24.3 Å². The Morgan fingerprint density at radius 1 is 0.881 bits per heavy atom. The Bertz CT molecular complexity index is 1520. The van der Waals surface area contributed by atoms with Gasteiger partial charge < -0.3 is 10.0 Å². The first kappa shape index (κ1) is 29.7. The van der Waals surface area contributed by atoms with Crippen molar-refractivity contribution in [2.24, 2.45) is 0 Å². The summed E-state index contributed by atoms with van der Waals surface area (Å²) < 4.78 is 32.8. The van der Waals surface area contributed by atoms with Crippen molar-refractivity contribution in [3.8, 4) is 5.69 Å². The van der Waals surface area contributed by atoms with E-state index in [4.69, 9.17) is 0 Å². The lowest BCUT2D eigenvalue weighted by Crippen LogP contribution is -2.52. The summed E-state index contributed by atoms with van der Waals surface area (Å²) >= 11 is 0. The van der Waals surface area contributed by atoms with Gasteiger partial charge in [-0.1, -0.05) is 39.0 Å². The summed E-state index contributed by atoms with van der Waals surface area (Å²) in [5.41, 5.74) is 0.272. The average Bonchev–Trinajstić information content (AvgIpc) is 3.58. The van der Waals surface area contributed by atoms with Crippen LogP contribution in [0.1, 0.15) is 38.3 Å². The highest BCUT2D eigenvalue weighted by Gasteiger charge is 2.36. The second-order valence-electron chi connectivity index (χ2n) is 12.0. The standard InChI is InChI=1S/C30H38F2N8O2/c1-29(2,3)23-5-8-25(9-6-23)39-22-35-40(28(39)41)12-4-11-36-13-15-37(16-14-36)18-30(42,19-38-21-33-20-34-38)26-10-7-24(31)17-27(26)32/h5-10,17,20-22,42H,4,11-16,18-19H2,1-3H3. The molecule has 5 rings (SSSR count). The van der Waals surface area contributed by atoms with Crippen LogP contribution in [-0.2, 0) is 24.1 Å². The fourth-order valence-electron chi connectivity index (χ4n) is 5.44. The molecular weight excluding hydrogens is 542 g/mol. The zero-order chi connectivity index (χ0) is 29.9. The van der Waals surface area contributed by atoms with Gasteiger partial charge in [0.1, 0.15) is 36.2 Å². The molecule has 0 bridgehead atoms. The van der Waals surface area contributed by atoms with E-state index in [1.54, 1.807) is 10.9 Å². The predicted molar refractivity (Wildman–Crippen MR) is 154 cm³/mol. The van der Waals surface area contributed by atoms with E-state index >= 15 is 0 Å². The number of aliphatic hydroxyl groups is 1. The van der Waals surface area contributed by atoms with Crippen molar-refractivity contribution in [1.82, 2.24) is 38.9 Å². The molecule has 0 aliphatic carbocycles. The highest BCUT2D eigenvalue weighted by Crippen LogP contribution is 2.28. The van der Waals surface area contributed by atoms with Crippen LogP contribution >= 0.6 is 0 Å². The number of rotatable bonds is 10. The van der Waals surface area contributed by atoms with E-state index in [2.05, 4.69) is 45.8 Å². The van der Waals surface area contributed by atoms with Gasteiger partial charge in [0.25, 0.3) is 0 Å². The summed E-state index contributed by atoms with van der Waals surface area (Å²) in [6, 6.07) is 11.2. The van der Waals surface area contributed by atoms with Crippen LogP contribution in [0, 0.1) is 11.6 Å². The molecule has 1 unspecified atom stereocenters. The molecule has 10 nitrogen and oxygen atoms in total. The van der Waals surface area contributed by atoms with E-state index in [9.17, 15) is 18.7 Å². The van der Waals surface area contributed by atoms with Crippen molar-refractivity contribution in [3.05, 3.63) is 94.7 Å². The Morgan fingerprint density at radius 2 is 1.60 bits per heavy atom. The number of piperazine rings is 1. The molecule has 1 atom stereocenters. The minimum absolute atomic E-state index is 0.0160. The van der Waals surface area contributed by atoms with E-state index in [1.165, 1.54) is 33.6 Å². The van der Waals surface area contributed by atoms with Crippen molar-refractivity contribution >= 4 is 0 Å². The Hall–Kier alpha value is -3.74. The fraction of sp³-hybridized carbons (Fsp3) is 0.467. The first-order valence-corrected chi connectivity index (χ1v) is 14.2. The first-order valence-electron chi connectivity index (χ1n) is 14.2. The summed E-state index contributed by atoms with van der Waals surface area (Å²) in [5, 5.41) is 20.0. The molecule has 1 aliphatic rings. The molecule has 4 aromatic rings. The Labute approximate surface area is 243 Å². The number of benzene rings is 2. The topological polar surface area (TPSA) is 97.2 Å². The number of β-amino-alcohol motifs (C(OH)–C–C–N with tert-alkyl or cyclic N) is 1. The summed E-state index contributed by atoms with van der Waals surface area (Å²) in [6.07, 6.45) is 5.14. The lowest BCUT2D eigenvalue weighted by atomic mass is 9.87. The largest absolute Gasteiger partial charge is 0.382 e. The third kappa shape index (κ3) is 6.83. The van der Waals surface area contributed by atoms with E-state index in [0.29, 0.717) is 19.6 Å². The lowest BCUT2D eigenvalue weighted by molar-refractivity contribution is -0.0319. The van der Waals surface area contributed by atoms with E-state index in [0.717, 1.165) is 43.9 Å². The number of hydrogen-bond acceptors (Lipinski definition) is 7. The SMILES string of the molecule is CC(C)(C)c1ccc(-n2cnn(CCCN3CCN(CC(O)(Cn4cncn4)c4ccc(F)cc4F)CC3)c2=O)cc1. The highest BCUT2D eigenvalue weighted by atomic mass is 19.1. The van der Waals surface area contributed by atoms with Crippen LogP contribution in [0.2, 0.25) is 0 Å². The number of nitrogens with zero attached hydrogens (tertiary/aromatic N) is 8. The van der Waals surface area contributed by atoms with E-state index < -0.39 is 17.2 Å². The molecule has 1 saturated heterocycles. The maximum Gasteiger partial charge on any atom is 0.350 e. The number of aryl methyl sites for hydroxylation is 1. The summed E-state index contributed by atoms with van der Waals surface area (Å²) in [4.78, 5) is 21.2. The Balaban J connectivity index is 1.14. The van der Waals surface area contributed by atoms with Gasteiger partial charge in [-0.25, -0.2) is 32.5 Å². The predicted octanol–water partition coefficient (Wildman–Crippen LogP) is 2.80. The highest BCUT2D eigenvalue weighted by molar-refractivity contribution is 5.36. The quantitative estimate of drug-likeness (QED) is 0.308. The monoisotopic (exact) mass is 580 g/mol. The van der Waals surface area contributed by atoms with Crippen LogP contribution in [0.4, 0.5) is 8.78 Å². The third-order valence-electron chi connectivity index (χ3n) is 7.86. The van der Waals surface area contributed by atoms with Gasteiger partial charge in [-0.15, -0.1) is 0 Å². The summed E-state index contributed by atoms with van der Waals surface area (Å²) in [5.74, 6) is -1.49. The molecule has 0 amide bonds. The van der Waals surface area contributed by atoms with Gasteiger partial charge in [0, 0.05) is 57.4 Å². The number of hydrogen-bond donors (Lipinski definition) is 1. The van der Waals surface area contributed by atoms with Crippen LogP contribution in [0.5, 0.6) is 0 Å². The van der Waals surface area contributed by atoms with Crippen LogP contribution < -0.4 is 5.69 Å². The normalized spacial score (nSPS) is 16.5. The van der Waals surface area contributed by atoms with Gasteiger partial charge in [-0.3, -0.25) is 4.90 Å². The van der Waals surface area contributed by atoms with Gasteiger partial charge in [0.15, 0.2) is 0 Å². The Kier molecular flexibility index (Phi) is 8.67. The molecular formula is C30H38F2N8O2. The van der Waals surface area contributed by atoms with Gasteiger partial charge >= 0.3 is 5.69 Å². The maximum atomic E-state index is 14.8. The minimum atomic E-state index is -1.62. The summed E-state index contributed by atoms with van der Waals surface area (Å²) in [6.45, 7) is 10.8. The number of halogens is 2. The molecule has 0 radical (unpaired) electrons. The molecule has 0 spiro atoms. The Morgan fingerprint density at radius 3 is 2.24 bits per heavy atom. The van der Waals surface area contributed by atoms with Crippen molar-refractivity contribution in [3.63, 3.8) is 0 Å². The summed E-state index contributed by atoms with van der Waals surface area (Å²) in [7, 11) is 0. The van der Waals surface area contributed by atoms with Crippen LogP contribution in [-0.4, -0.2) is 83.3 Å². The molecule has 3 heterocycles. The lowest BCUT2D eigenvalue weighted by Gasteiger charge is -2.39. The van der Waals surface area contributed by atoms with E-state index in [-0.39, 0.29) is 29.8 Å². The molecule has 2 aromatic carbocycles. The van der Waals surface area contributed by atoms with Crippen LogP contribution in [0.3, 0.4) is 0 Å². The molecule has 2 aromatic heterocycles. The fourth-order valence-corrected chi connectivity index (χ4v) is 5.44. The molecule has 12 heteroatoms. The zero-order valence-electron chi connectivity index (χ0n) is 24.3. The van der Waals surface area contributed by atoms with Crippen molar-refractivity contribution < 1.29 is 13.9 Å². The van der Waals surface area contributed by atoms with Gasteiger partial charge in [0.2, 0.25) is 0 Å². The third-order valence-corrected chi connectivity index (χ3v) is 7.86. The molecule has 224 valence electrons. The molecule has 42 heavy (non-hydrogen) atoms. The maximum absolute atomic E-state index is 14.8. The molecule has 1 fully saturated rings. The van der Waals surface area contributed by atoms with Crippen LogP contribution in [0.25, 0.3) is 5.69 Å². The van der Waals surface area contributed by atoms with Crippen molar-refractivity contribution in [2.75, 3.05) is 39.3 Å². The molecule has 0 saturated carbocycles. The second kappa shape index (κ2) is 12.2. The van der Waals surface area contributed by atoms with Crippen molar-refractivity contribution in [2.45, 2.75) is 51.3 Å². The van der Waals surface area contributed by atoms with Gasteiger partial charge in [0.05, 0.1) is 12.2 Å². The smallest absolute Gasteiger partial charge is 0.350 e. The molecule has 1 N–H and O–H groups in total. The average molecular weight is 581 g/mol. The first-order chi connectivity index (χ1) is 20.0. The van der Waals surface area contributed by atoms with Gasteiger partial charge in [-0.2, -0.15) is 10.2 Å². The molecule has 1 aliphatic heterocycles.